The highest BCUT2D eigenvalue weighted by molar-refractivity contribution is 5.94. The second kappa shape index (κ2) is 9.64. The smallest absolute Gasteiger partial charge is 0.244 e. The lowest BCUT2D eigenvalue weighted by Crippen LogP contribution is -2.27. The van der Waals surface area contributed by atoms with Crippen molar-refractivity contribution in [3.8, 4) is 5.75 Å². The maximum atomic E-state index is 12.2. The number of nitrogens with one attached hydrogen (secondary N) is 1. The largest absolute Gasteiger partial charge is 0.497 e. The van der Waals surface area contributed by atoms with E-state index in [1.807, 2.05) is 61.5 Å². The standard InChI is InChI=1S/C21H25NO3/c1-16(17-8-10-20(25-2)11-9-17)14-21(24)22-15-19(12-13-23)18-6-4-3-5-7-18/h3-11,14,19,23H,12-13,15H2,1-2H3,(H,22,24)/b16-14+. The van der Waals surface area contributed by atoms with Gasteiger partial charge in [-0.2, -0.15) is 0 Å². The van der Waals surface area contributed by atoms with Crippen LogP contribution in [0.2, 0.25) is 0 Å². The monoisotopic (exact) mass is 339 g/mol. The average Bonchev–Trinajstić information content (AvgIpc) is 2.65. The Morgan fingerprint density at radius 2 is 1.84 bits per heavy atom. The molecule has 1 atom stereocenters. The molecule has 2 N–H and O–H groups in total. The summed E-state index contributed by atoms with van der Waals surface area (Å²) in [6.07, 6.45) is 2.22. The van der Waals surface area contributed by atoms with E-state index in [0.29, 0.717) is 13.0 Å². The molecule has 0 spiro atoms. The van der Waals surface area contributed by atoms with Crippen molar-refractivity contribution in [2.45, 2.75) is 19.3 Å². The minimum atomic E-state index is -0.132. The van der Waals surface area contributed by atoms with Crippen LogP contribution in [0.3, 0.4) is 0 Å². The van der Waals surface area contributed by atoms with E-state index >= 15 is 0 Å². The van der Waals surface area contributed by atoms with Crippen molar-refractivity contribution >= 4 is 11.5 Å². The number of ether oxygens (including phenoxy) is 1. The Labute approximate surface area is 149 Å². The van der Waals surface area contributed by atoms with Crippen LogP contribution in [0.4, 0.5) is 0 Å². The summed E-state index contributed by atoms with van der Waals surface area (Å²) in [7, 11) is 1.63. The molecule has 0 aliphatic heterocycles. The molecule has 25 heavy (non-hydrogen) atoms. The van der Waals surface area contributed by atoms with Gasteiger partial charge in [0.25, 0.3) is 0 Å². The summed E-state index contributed by atoms with van der Waals surface area (Å²) in [4.78, 5) is 12.2. The van der Waals surface area contributed by atoms with Crippen molar-refractivity contribution in [1.29, 1.82) is 0 Å². The van der Waals surface area contributed by atoms with Crippen LogP contribution in [0.15, 0.2) is 60.7 Å². The van der Waals surface area contributed by atoms with E-state index in [1.54, 1.807) is 13.2 Å². The predicted octanol–water partition coefficient (Wildman–Crippen LogP) is 3.38. The van der Waals surface area contributed by atoms with E-state index in [0.717, 1.165) is 22.4 Å². The third kappa shape index (κ3) is 5.76. The van der Waals surface area contributed by atoms with Gasteiger partial charge in [0.2, 0.25) is 5.91 Å². The SMILES string of the molecule is COc1ccc(/C(C)=C/C(=O)NCC(CCO)c2ccccc2)cc1. The molecule has 2 aromatic rings. The van der Waals surface area contributed by atoms with Gasteiger partial charge in [0.05, 0.1) is 7.11 Å². The van der Waals surface area contributed by atoms with E-state index in [4.69, 9.17) is 4.74 Å². The molecule has 132 valence electrons. The van der Waals surface area contributed by atoms with Crippen LogP contribution in [-0.4, -0.2) is 31.3 Å². The van der Waals surface area contributed by atoms with E-state index in [9.17, 15) is 9.90 Å². The molecular formula is C21H25NO3. The van der Waals surface area contributed by atoms with Crippen molar-refractivity contribution in [3.05, 3.63) is 71.8 Å². The molecule has 0 radical (unpaired) electrons. The van der Waals surface area contributed by atoms with Gasteiger partial charge in [-0.05, 0) is 42.2 Å². The zero-order valence-electron chi connectivity index (χ0n) is 14.7. The van der Waals surface area contributed by atoms with Crippen molar-refractivity contribution < 1.29 is 14.6 Å². The summed E-state index contributed by atoms with van der Waals surface area (Å²) in [5.41, 5.74) is 2.98. The first-order valence-corrected chi connectivity index (χ1v) is 8.40. The molecule has 0 bridgehead atoms. The summed E-state index contributed by atoms with van der Waals surface area (Å²) in [5.74, 6) is 0.757. The molecule has 0 saturated heterocycles. The van der Waals surface area contributed by atoms with Crippen molar-refractivity contribution in [1.82, 2.24) is 5.32 Å². The normalized spacial score (nSPS) is 12.5. The highest BCUT2D eigenvalue weighted by atomic mass is 16.5. The molecule has 0 heterocycles. The number of carbonyl (C=O) groups is 1. The lowest BCUT2D eigenvalue weighted by Gasteiger charge is -2.16. The molecule has 4 nitrogen and oxygen atoms in total. The fourth-order valence-corrected chi connectivity index (χ4v) is 2.68. The van der Waals surface area contributed by atoms with Crippen molar-refractivity contribution in [2.24, 2.45) is 0 Å². The van der Waals surface area contributed by atoms with Gasteiger partial charge in [0.15, 0.2) is 0 Å². The molecule has 1 amide bonds. The van der Waals surface area contributed by atoms with E-state index in [1.165, 1.54) is 0 Å². The minimum Gasteiger partial charge on any atom is -0.497 e. The third-order valence-corrected chi connectivity index (χ3v) is 4.16. The van der Waals surface area contributed by atoms with Gasteiger partial charge in [-0.1, -0.05) is 42.5 Å². The Kier molecular flexibility index (Phi) is 7.23. The highest BCUT2D eigenvalue weighted by Gasteiger charge is 2.12. The number of hydrogen-bond donors (Lipinski definition) is 2. The summed E-state index contributed by atoms with van der Waals surface area (Å²) < 4.78 is 5.14. The number of allylic oxidation sites excluding steroid dienone is 1. The van der Waals surface area contributed by atoms with Crippen LogP contribution >= 0.6 is 0 Å². The zero-order chi connectivity index (χ0) is 18.1. The number of rotatable bonds is 8. The molecular weight excluding hydrogens is 314 g/mol. The summed E-state index contributed by atoms with van der Waals surface area (Å²) in [6, 6.07) is 17.5. The Morgan fingerprint density at radius 1 is 1.16 bits per heavy atom. The van der Waals surface area contributed by atoms with Gasteiger partial charge in [0.1, 0.15) is 5.75 Å². The number of carbonyl (C=O) groups excluding carboxylic acids is 1. The highest BCUT2D eigenvalue weighted by Crippen LogP contribution is 2.19. The quantitative estimate of drug-likeness (QED) is 0.725. The van der Waals surface area contributed by atoms with E-state index in [-0.39, 0.29) is 18.4 Å². The zero-order valence-corrected chi connectivity index (χ0v) is 14.7. The lowest BCUT2D eigenvalue weighted by atomic mass is 9.96. The van der Waals surface area contributed by atoms with Crippen LogP contribution in [-0.2, 0) is 4.79 Å². The number of benzene rings is 2. The van der Waals surface area contributed by atoms with Crippen LogP contribution in [0.5, 0.6) is 5.75 Å². The Bertz CT molecular complexity index is 693. The van der Waals surface area contributed by atoms with Crippen LogP contribution in [0, 0.1) is 0 Å². The second-order valence-corrected chi connectivity index (χ2v) is 5.92. The van der Waals surface area contributed by atoms with Crippen molar-refractivity contribution in [3.63, 3.8) is 0 Å². The first-order chi connectivity index (χ1) is 12.1. The summed E-state index contributed by atoms with van der Waals surface area (Å²) in [5, 5.41) is 12.2. The fourth-order valence-electron chi connectivity index (χ4n) is 2.68. The van der Waals surface area contributed by atoms with E-state index < -0.39 is 0 Å². The molecule has 4 heteroatoms. The average molecular weight is 339 g/mol. The second-order valence-electron chi connectivity index (χ2n) is 5.92. The number of amides is 1. The summed E-state index contributed by atoms with van der Waals surface area (Å²) >= 11 is 0. The molecule has 1 unspecified atom stereocenters. The van der Waals surface area contributed by atoms with Gasteiger partial charge >= 0.3 is 0 Å². The first-order valence-electron chi connectivity index (χ1n) is 8.40. The molecule has 0 aliphatic carbocycles. The topological polar surface area (TPSA) is 58.6 Å². The van der Waals surface area contributed by atoms with Crippen LogP contribution in [0.1, 0.15) is 30.4 Å². The molecule has 0 aliphatic rings. The van der Waals surface area contributed by atoms with Crippen LogP contribution in [0.25, 0.3) is 5.57 Å². The Hall–Kier alpha value is -2.59. The van der Waals surface area contributed by atoms with Gasteiger partial charge in [0, 0.05) is 25.1 Å². The molecule has 0 saturated carbocycles. The molecule has 2 rings (SSSR count). The van der Waals surface area contributed by atoms with Gasteiger partial charge in [-0.15, -0.1) is 0 Å². The van der Waals surface area contributed by atoms with Gasteiger partial charge in [-0.3, -0.25) is 4.79 Å². The number of aliphatic hydroxyl groups excluding tert-OH is 1. The Balaban J connectivity index is 1.97. The molecule has 0 fully saturated rings. The van der Waals surface area contributed by atoms with Gasteiger partial charge < -0.3 is 15.2 Å². The molecule has 0 aromatic heterocycles. The maximum Gasteiger partial charge on any atom is 0.244 e. The molecule has 2 aromatic carbocycles. The number of methoxy groups -OCH3 is 1. The fraction of sp³-hybridized carbons (Fsp3) is 0.286. The third-order valence-electron chi connectivity index (χ3n) is 4.16. The van der Waals surface area contributed by atoms with Crippen molar-refractivity contribution in [2.75, 3.05) is 20.3 Å². The van der Waals surface area contributed by atoms with Crippen LogP contribution < -0.4 is 10.1 Å². The lowest BCUT2D eigenvalue weighted by molar-refractivity contribution is -0.116. The minimum absolute atomic E-state index is 0.0934. The maximum absolute atomic E-state index is 12.2. The van der Waals surface area contributed by atoms with E-state index in [2.05, 4.69) is 5.32 Å². The first kappa shape index (κ1) is 18.7. The van der Waals surface area contributed by atoms with Gasteiger partial charge in [-0.25, -0.2) is 0 Å². The number of aliphatic hydroxyl groups is 1. The number of hydrogen-bond acceptors (Lipinski definition) is 3. The summed E-state index contributed by atoms with van der Waals surface area (Å²) in [6.45, 7) is 2.50. The predicted molar refractivity (Wildman–Crippen MR) is 101 cm³/mol. The Morgan fingerprint density at radius 3 is 2.44 bits per heavy atom.